The fraction of sp³-hybridized carbons (Fsp3) is 0.448. The van der Waals surface area contributed by atoms with Crippen LogP contribution < -0.4 is 9.47 Å². The molecule has 0 unspecified atom stereocenters. The molecule has 6 nitrogen and oxygen atoms in total. The van der Waals surface area contributed by atoms with Gasteiger partial charge in [-0.2, -0.15) is 0 Å². The van der Waals surface area contributed by atoms with Crippen LogP contribution in [0.1, 0.15) is 58.4 Å². The Hall–Kier alpha value is -3.28. The summed E-state index contributed by atoms with van der Waals surface area (Å²) >= 11 is 0. The Labute approximate surface area is 207 Å². The van der Waals surface area contributed by atoms with E-state index < -0.39 is 11.9 Å². The molecule has 3 aromatic rings. The monoisotopic (exact) mass is 480 g/mol. The third-order valence-corrected chi connectivity index (χ3v) is 5.66. The summed E-state index contributed by atoms with van der Waals surface area (Å²) in [5.41, 5.74) is 1.19. The first kappa shape index (κ1) is 26.3. The van der Waals surface area contributed by atoms with Crippen LogP contribution in [-0.4, -0.2) is 38.4 Å². The molecule has 0 bridgehead atoms. The molecule has 0 aliphatic heterocycles. The van der Waals surface area contributed by atoms with Gasteiger partial charge in [0, 0.05) is 21.5 Å². The molecular formula is C29H36O6. The van der Waals surface area contributed by atoms with Gasteiger partial charge in [-0.3, -0.25) is 0 Å². The zero-order valence-corrected chi connectivity index (χ0v) is 21.1. The molecule has 0 aromatic heterocycles. The Kier molecular flexibility index (Phi) is 10.2. The topological polar surface area (TPSA) is 71.1 Å². The number of unbranched alkanes of at least 4 members (excludes halogenated alkanes) is 2. The van der Waals surface area contributed by atoms with E-state index in [9.17, 15) is 9.59 Å². The Morgan fingerprint density at radius 1 is 0.657 bits per heavy atom. The number of rotatable bonds is 14. The molecule has 3 aromatic carbocycles. The van der Waals surface area contributed by atoms with E-state index in [2.05, 4.69) is 19.1 Å². The second-order valence-electron chi connectivity index (χ2n) is 8.56. The normalized spacial score (nSPS) is 10.9. The largest absolute Gasteiger partial charge is 0.481 e. The van der Waals surface area contributed by atoms with Crippen molar-refractivity contribution >= 4 is 33.5 Å². The van der Waals surface area contributed by atoms with Gasteiger partial charge in [0.05, 0.1) is 13.2 Å². The van der Waals surface area contributed by atoms with E-state index >= 15 is 0 Å². The number of ether oxygens (including phenoxy) is 4. The Morgan fingerprint density at radius 2 is 1.20 bits per heavy atom. The number of fused-ring (bicyclic) bond motifs is 2. The maximum atomic E-state index is 12.2. The molecule has 35 heavy (non-hydrogen) atoms. The highest BCUT2D eigenvalue weighted by molar-refractivity contribution is 6.11. The number of benzene rings is 3. The van der Waals surface area contributed by atoms with E-state index in [1.54, 1.807) is 0 Å². The second kappa shape index (κ2) is 13.6. The molecule has 188 valence electrons. The van der Waals surface area contributed by atoms with Crippen LogP contribution in [0.5, 0.6) is 11.5 Å². The number of esters is 2. The summed E-state index contributed by atoms with van der Waals surface area (Å²) in [5, 5.41) is 3.28. The molecule has 0 spiro atoms. The van der Waals surface area contributed by atoms with Gasteiger partial charge in [0.1, 0.15) is 11.5 Å². The highest BCUT2D eigenvalue weighted by Gasteiger charge is 2.19. The van der Waals surface area contributed by atoms with Crippen molar-refractivity contribution in [3.05, 3.63) is 48.0 Å². The van der Waals surface area contributed by atoms with Gasteiger partial charge < -0.3 is 18.9 Å². The van der Waals surface area contributed by atoms with E-state index in [-0.39, 0.29) is 13.2 Å². The third kappa shape index (κ3) is 7.10. The summed E-state index contributed by atoms with van der Waals surface area (Å²) in [7, 11) is 0. The van der Waals surface area contributed by atoms with Gasteiger partial charge in [0.2, 0.25) is 0 Å². The lowest BCUT2D eigenvalue weighted by atomic mass is 9.97. The van der Waals surface area contributed by atoms with Crippen LogP contribution in [-0.2, 0) is 25.5 Å². The summed E-state index contributed by atoms with van der Waals surface area (Å²) in [6.45, 7) is 6.46. The highest BCUT2D eigenvalue weighted by Crippen LogP contribution is 2.43. The molecule has 0 heterocycles. The van der Waals surface area contributed by atoms with E-state index in [4.69, 9.17) is 18.9 Å². The SMILES string of the molecule is CCCCCc1ccc2c(OCC(=O)OCCC)c3ccccc3c(OCC(=O)OCCC)c2c1. The average Bonchev–Trinajstić information content (AvgIpc) is 2.88. The minimum atomic E-state index is -0.403. The lowest BCUT2D eigenvalue weighted by Crippen LogP contribution is -2.16. The Bertz CT molecular complexity index is 1140. The van der Waals surface area contributed by atoms with E-state index in [0.29, 0.717) is 24.7 Å². The standard InChI is InChI=1S/C29H36O6/c1-4-7-8-11-21-14-15-24-25(18-21)29(35-20-27(31)33-17-6-3)23-13-10-9-12-22(23)28(24)34-19-26(30)32-16-5-2/h9-10,12-15,18H,4-8,11,16-17,19-20H2,1-3H3. The predicted molar refractivity (Wildman–Crippen MR) is 138 cm³/mol. The number of carbonyl (C=O) groups excluding carboxylic acids is 2. The summed E-state index contributed by atoms with van der Waals surface area (Å²) in [6, 6.07) is 13.9. The van der Waals surface area contributed by atoms with Crippen molar-refractivity contribution < 1.29 is 28.5 Å². The minimum Gasteiger partial charge on any atom is -0.481 e. The highest BCUT2D eigenvalue weighted by atomic mass is 16.6. The first-order chi connectivity index (χ1) is 17.1. The van der Waals surface area contributed by atoms with Gasteiger partial charge in [-0.1, -0.05) is 70.0 Å². The maximum absolute atomic E-state index is 12.2. The van der Waals surface area contributed by atoms with E-state index in [1.165, 1.54) is 5.56 Å². The first-order valence-corrected chi connectivity index (χ1v) is 12.6. The summed E-state index contributed by atoms with van der Waals surface area (Å²) in [5.74, 6) is 0.411. The molecule has 3 rings (SSSR count). The molecule has 0 aliphatic rings. The lowest BCUT2D eigenvalue weighted by Gasteiger charge is -2.18. The number of hydrogen-bond acceptors (Lipinski definition) is 6. The molecular weight excluding hydrogens is 444 g/mol. The fourth-order valence-electron chi connectivity index (χ4n) is 3.97. The number of aryl methyl sites for hydroxylation is 1. The van der Waals surface area contributed by atoms with Gasteiger partial charge >= 0.3 is 11.9 Å². The van der Waals surface area contributed by atoms with Crippen LogP contribution in [0, 0.1) is 0 Å². The molecule has 0 radical (unpaired) electrons. The molecule has 0 saturated heterocycles. The van der Waals surface area contributed by atoms with Crippen LogP contribution >= 0.6 is 0 Å². The summed E-state index contributed by atoms with van der Waals surface area (Å²) < 4.78 is 22.5. The van der Waals surface area contributed by atoms with Crippen LogP contribution in [0.25, 0.3) is 21.5 Å². The maximum Gasteiger partial charge on any atom is 0.344 e. The fourth-order valence-corrected chi connectivity index (χ4v) is 3.97. The smallest absolute Gasteiger partial charge is 0.344 e. The molecule has 0 amide bonds. The van der Waals surface area contributed by atoms with Crippen molar-refractivity contribution in [3.8, 4) is 11.5 Å². The summed E-state index contributed by atoms with van der Waals surface area (Å²) in [6.07, 6.45) is 5.88. The van der Waals surface area contributed by atoms with Crippen LogP contribution in [0.15, 0.2) is 42.5 Å². The van der Waals surface area contributed by atoms with Gasteiger partial charge in [-0.25, -0.2) is 9.59 Å². The number of carbonyl (C=O) groups is 2. The van der Waals surface area contributed by atoms with Crippen molar-refractivity contribution in [1.29, 1.82) is 0 Å². The predicted octanol–water partition coefficient (Wildman–Crippen LogP) is 6.39. The van der Waals surface area contributed by atoms with Crippen molar-refractivity contribution in [2.45, 2.75) is 59.3 Å². The van der Waals surface area contributed by atoms with Gasteiger partial charge in [0.25, 0.3) is 0 Å². The molecule has 0 saturated carbocycles. The van der Waals surface area contributed by atoms with Crippen LogP contribution in [0.4, 0.5) is 0 Å². The van der Waals surface area contributed by atoms with Crippen molar-refractivity contribution in [1.82, 2.24) is 0 Å². The zero-order chi connectivity index (χ0) is 25.0. The van der Waals surface area contributed by atoms with E-state index in [1.807, 2.05) is 44.2 Å². The summed E-state index contributed by atoms with van der Waals surface area (Å²) in [4.78, 5) is 24.4. The van der Waals surface area contributed by atoms with Crippen LogP contribution in [0.2, 0.25) is 0 Å². The molecule has 6 heteroatoms. The van der Waals surface area contributed by atoms with Gasteiger partial charge in [-0.05, 0) is 37.3 Å². The Balaban J connectivity index is 2.05. The second-order valence-corrected chi connectivity index (χ2v) is 8.56. The van der Waals surface area contributed by atoms with Gasteiger partial charge in [0.15, 0.2) is 13.2 Å². The number of hydrogen-bond donors (Lipinski definition) is 0. The minimum absolute atomic E-state index is 0.178. The van der Waals surface area contributed by atoms with Crippen LogP contribution in [0.3, 0.4) is 0 Å². The van der Waals surface area contributed by atoms with Crippen molar-refractivity contribution in [3.63, 3.8) is 0 Å². The average molecular weight is 481 g/mol. The van der Waals surface area contributed by atoms with Gasteiger partial charge in [-0.15, -0.1) is 0 Å². The first-order valence-electron chi connectivity index (χ1n) is 12.6. The van der Waals surface area contributed by atoms with E-state index in [0.717, 1.165) is 60.1 Å². The quantitative estimate of drug-likeness (QED) is 0.151. The molecule has 0 aliphatic carbocycles. The van der Waals surface area contributed by atoms with Crippen molar-refractivity contribution in [2.75, 3.05) is 26.4 Å². The third-order valence-electron chi connectivity index (χ3n) is 5.66. The molecule has 0 atom stereocenters. The zero-order valence-electron chi connectivity index (χ0n) is 21.1. The lowest BCUT2D eigenvalue weighted by molar-refractivity contribution is -0.146. The molecule has 0 fully saturated rings. The van der Waals surface area contributed by atoms with Crippen molar-refractivity contribution in [2.24, 2.45) is 0 Å². The Morgan fingerprint density at radius 3 is 1.74 bits per heavy atom. The molecule has 0 N–H and O–H groups in total.